The van der Waals surface area contributed by atoms with Crippen LogP contribution in [0, 0.1) is 44.5 Å². The van der Waals surface area contributed by atoms with E-state index in [4.69, 9.17) is 69.7 Å². The average molecular weight is 1890 g/mol. The Balaban J connectivity index is 0.532. The summed E-state index contributed by atoms with van der Waals surface area (Å²) in [6.07, 6.45) is 8.81. The van der Waals surface area contributed by atoms with E-state index >= 15 is 0 Å². The summed E-state index contributed by atoms with van der Waals surface area (Å²) in [6.45, 7) is 16.3. The maximum Gasteiger partial charge on any atom is 0.291 e. The molecule has 1 aliphatic heterocycles. The van der Waals surface area contributed by atoms with Crippen molar-refractivity contribution in [1.82, 2.24) is 78.7 Å². The Morgan fingerprint density at radius 3 is 1.46 bits per heavy atom. The minimum absolute atomic E-state index is 0.00746. The SMILES string of the molecule is Cc1sc2c(c1C)C(c1ccc(Cl)cc1)=N[C@@H](CC(=O)Nc1ccc(C#CC#CCN(CCOCCOCCOCCOCCOCCN)CCOCCOCCOCCOCCOCCNC(=O)CCNC(=O)c3nc(NC(=O)CCNC(=O)c4cc(NC(=O)c5nc(NC(=O)CCNC(=O)c6cc(NC(=O)c7nccn7C)cn6C)cn5C)cn4C)cn3C)cc1)c1nnc(C)n1-2. The first-order valence-electron chi connectivity index (χ1n) is 43.6. The molecule has 42 nitrogen and oxygen atoms in total. The molecule has 0 unspecified atom stereocenters. The van der Waals surface area contributed by atoms with Gasteiger partial charge in [-0.25, -0.2) is 15.0 Å². The van der Waals surface area contributed by atoms with Crippen molar-refractivity contribution in [3.05, 3.63) is 171 Å². The second-order valence-electron chi connectivity index (χ2n) is 30.3. The van der Waals surface area contributed by atoms with Gasteiger partial charge in [-0.15, -0.1) is 21.5 Å². The number of halogens is 1. The fraction of sp³-hybridized carbons (Fsp3) is 0.456. The third-order valence-electron chi connectivity index (χ3n) is 20.1. The van der Waals surface area contributed by atoms with Crippen LogP contribution in [0.3, 0.4) is 0 Å². The Kier molecular flexibility index (Phi) is 42.5. The Hall–Kier alpha value is -12.7. The number of rotatable bonds is 58. The Morgan fingerprint density at radius 1 is 0.478 bits per heavy atom. The van der Waals surface area contributed by atoms with Crippen molar-refractivity contribution in [3.63, 3.8) is 0 Å². The largest absolute Gasteiger partial charge is 0.378 e. The van der Waals surface area contributed by atoms with Gasteiger partial charge in [0.1, 0.15) is 28.3 Å². The number of carbonyl (C=O) groups is 9. The van der Waals surface area contributed by atoms with Gasteiger partial charge in [-0.3, -0.25) is 57.6 Å². The number of thiophene rings is 1. The zero-order chi connectivity index (χ0) is 95.5. The highest BCUT2D eigenvalue weighted by Gasteiger charge is 2.33. The molecule has 7 aromatic heterocycles. The number of carbonyl (C=O) groups excluding carboxylic acids is 9. The summed E-state index contributed by atoms with van der Waals surface area (Å²) in [5.74, 6) is 9.55. The van der Waals surface area contributed by atoms with Crippen molar-refractivity contribution in [2.75, 3.05) is 211 Å². The first kappa shape index (κ1) is 103. The number of hydrogen-bond acceptors (Lipinski definition) is 28. The van der Waals surface area contributed by atoms with Crippen LogP contribution in [-0.2, 0) is 102 Å². The Bertz CT molecular complexity index is 5560. The van der Waals surface area contributed by atoms with E-state index in [1.54, 1.807) is 75.7 Å². The summed E-state index contributed by atoms with van der Waals surface area (Å²) >= 11 is 7.95. The molecule has 0 fully saturated rings. The molecule has 0 aliphatic carbocycles. The van der Waals surface area contributed by atoms with E-state index in [2.05, 4.69) is 115 Å². The van der Waals surface area contributed by atoms with Crippen molar-refractivity contribution in [1.29, 1.82) is 0 Å². The number of nitrogens with two attached hydrogens (primary N) is 1. The molecule has 0 spiro atoms. The molecule has 0 radical (unpaired) electrons. The van der Waals surface area contributed by atoms with Crippen molar-refractivity contribution in [2.24, 2.45) is 46.0 Å². The quantitative estimate of drug-likeness (QED) is 0.0186. The topological polar surface area (TPSA) is 490 Å². The van der Waals surface area contributed by atoms with Crippen molar-refractivity contribution in [2.45, 2.75) is 52.5 Å². The minimum atomic E-state index is -0.644. The van der Waals surface area contributed by atoms with Crippen LogP contribution >= 0.6 is 22.9 Å². The standard InChI is InChI=1S/C90H116ClN23O19S/c1-61-62(2)134-90-79(61)80(65-15-17-66(91)18-16-65)101-70(81-107-106-63(3)114(81)90)56-78(118)98-67-19-13-64(14-20-67)12-10-9-11-30-113(32-36-126-40-44-130-48-52-132-50-46-128-42-38-124-34-24-92)33-37-127-41-45-131-49-53-133-51-47-129-43-39-125-35-29-93-75(115)21-25-97-87(121)83-104-73(59-111(83)7)102-76(116)22-26-96-86(120)72-55-69(58-110(72)6)100-89(123)84-105-74(60-112(84)8)103-77(117)23-27-95-85(119)71-54-68(57-109(71)5)99-88(122)82-94-28-31-108(82)4/h13-20,28,31,54-55,57-60,70H,21-27,29-30,32-53,56,92H2,1-8H3,(H,93,115)(H,95,119)(H,96,120)(H,97,121)(H,98,118)(H,99,122)(H,100,123)(H,102,116)(H,103,117)/t70-/m0/s1. The van der Waals surface area contributed by atoms with Crippen LogP contribution in [0.15, 0.2) is 103 Å². The molecule has 134 heavy (non-hydrogen) atoms. The smallest absolute Gasteiger partial charge is 0.291 e. The van der Waals surface area contributed by atoms with E-state index in [1.807, 2.05) is 47.9 Å². The summed E-state index contributed by atoms with van der Waals surface area (Å²) < 4.78 is 65.8. The van der Waals surface area contributed by atoms with Crippen LogP contribution in [0.5, 0.6) is 0 Å². The molecule has 718 valence electrons. The first-order chi connectivity index (χ1) is 64.9. The van der Waals surface area contributed by atoms with Gasteiger partial charge >= 0.3 is 0 Å². The highest BCUT2D eigenvalue weighted by atomic mass is 35.5. The van der Waals surface area contributed by atoms with Gasteiger partial charge in [-0.2, -0.15) is 0 Å². The van der Waals surface area contributed by atoms with Gasteiger partial charge in [-0.1, -0.05) is 35.6 Å². The van der Waals surface area contributed by atoms with Gasteiger partial charge in [0.25, 0.3) is 29.5 Å². The number of amides is 9. The molecule has 1 aliphatic rings. The lowest BCUT2D eigenvalue weighted by Crippen LogP contribution is -2.33. The fourth-order valence-electron chi connectivity index (χ4n) is 13.2. The zero-order valence-corrected chi connectivity index (χ0v) is 77.9. The molecule has 2 aromatic carbocycles. The number of fused-ring (bicyclic) bond motifs is 3. The second-order valence-corrected chi connectivity index (χ2v) is 31.9. The number of nitrogens with zero attached hydrogens (tertiary/aromatic N) is 13. The number of anilines is 5. The number of aliphatic imine (C=N–C) groups is 1. The minimum Gasteiger partial charge on any atom is -0.378 e. The van der Waals surface area contributed by atoms with E-state index in [0.717, 1.165) is 37.8 Å². The molecule has 10 rings (SSSR count). The van der Waals surface area contributed by atoms with E-state index in [-0.39, 0.29) is 116 Å². The number of imidazole rings is 3. The third kappa shape index (κ3) is 33.5. The predicted octanol–water partition coefficient (Wildman–Crippen LogP) is 4.45. The molecule has 1 atom stereocenters. The van der Waals surface area contributed by atoms with Gasteiger partial charge in [-0.05, 0) is 86.7 Å². The summed E-state index contributed by atoms with van der Waals surface area (Å²) in [5.41, 5.74) is 11.5. The lowest BCUT2D eigenvalue weighted by Gasteiger charge is -2.19. The predicted molar refractivity (Wildman–Crippen MR) is 499 cm³/mol. The molecule has 8 heterocycles. The molecule has 9 aromatic rings. The molecule has 11 N–H and O–H groups in total. The Labute approximate surface area is 784 Å². The van der Waals surface area contributed by atoms with E-state index in [0.29, 0.717) is 180 Å². The normalized spacial score (nSPS) is 12.1. The molecule has 44 heteroatoms. The zero-order valence-electron chi connectivity index (χ0n) is 76.4. The summed E-state index contributed by atoms with van der Waals surface area (Å²) in [6, 6.07) is 17.1. The second kappa shape index (κ2) is 55.1. The number of hydrogen-bond donors (Lipinski definition) is 10. The summed E-state index contributed by atoms with van der Waals surface area (Å²) in [7, 11) is 8.04. The van der Waals surface area contributed by atoms with Crippen LogP contribution in [0.2, 0.25) is 5.02 Å². The molecule has 0 saturated carbocycles. The monoisotopic (exact) mass is 1890 g/mol. The average Bonchev–Trinajstić information content (AvgIpc) is 1.59. The van der Waals surface area contributed by atoms with Gasteiger partial charge in [0, 0.05) is 170 Å². The number of aromatic nitrogens is 11. The number of benzene rings is 2. The molecule has 9 amide bonds. The first-order valence-corrected chi connectivity index (χ1v) is 44.7. The Morgan fingerprint density at radius 2 is 0.955 bits per heavy atom. The van der Waals surface area contributed by atoms with Crippen LogP contribution < -0.4 is 53.6 Å². The van der Waals surface area contributed by atoms with Gasteiger partial charge in [0.05, 0.1) is 162 Å². The molecular weight excluding hydrogens is 1770 g/mol. The highest BCUT2D eigenvalue weighted by Crippen LogP contribution is 2.40. The van der Waals surface area contributed by atoms with Crippen LogP contribution in [0.25, 0.3) is 5.00 Å². The van der Waals surface area contributed by atoms with E-state index in [1.165, 1.54) is 55.2 Å². The summed E-state index contributed by atoms with van der Waals surface area (Å²) in [5, 5.41) is 34.9. The highest BCUT2D eigenvalue weighted by molar-refractivity contribution is 7.15. The summed E-state index contributed by atoms with van der Waals surface area (Å²) in [4.78, 5) is 138. The number of ether oxygens (including phenoxy) is 10. The van der Waals surface area contributed by atoms with Gasteiger partial charge in [0.15, 0.2) is 23.3 Å². The van der Waals surface area contributed by atoms with E-state index in [9.17, 15) is 43.2 Å². The van der Waals surface area contributed by atoms with Crippen molar-refractivity contribution < 1.29 is 90.5 Å². The van der Waals surface area contributed by atoms with Crippen LogP contribution in [0.4, 0.5) is 28.7 Å². The number of nitrogens with one attached hydrogen (secondary N) is 9. The van der Waals surface area contributed by atoms with Gasteiger partial charge < -0.3 is 124 Å². The molecule has 0 bridgehead atoms. The van der Waals surface area contributed by atoms with Crippen molar-refractivity contribution in [3.8, 4) is 28.7 Å². The number of aryl methyl sites for hydroxylation is 7. The van der Waals surface area contributed by atoms with Crippen molar-refractivity contribution >= 4 is 111 Å². The maximum absolute atomic E-state index is 13.8. The maximum atomic E-state index is 13.8. The lowest BCUT2D eigenvalue weighted by atomic mass is 9.99. The van der Waals surface area contributed by atoms with Gasteiger partial charge in [0.2, 0.25) is 35.3 Å². The van der Waals surface area contributed by atoms with Crippen LogP contribution in [0.1, 0.15) is 123 Å². The third-order valence-corrected chi connectivity index (χ3v) is 21.5. The van der Waals surface area contributed by atoms with Crippen LogP contribution in [-0.4, -0.2) is 301 Å². The fourth-order valence-corrected chi connectivity index (χ4v) is 14.5. The molecule has 0 saturated heterocycles. The molecular formula is C90H116ClN23O19S. The lowest BCUT2D eigenvalue weighted by molar-refractivity contribution is -0.121. The van der Waals surface area contributed by atoms with E-state index < -0.39 is 47.4 Å².